The quantitative estimate of drug-likeness (QED) is 0.812. The van der Waals surface area contributed by atoms with Crippen LogP contribution in [0.3, 0.4) is 0 Å². The number of carbonyl (C=O) groups is 1. The van der Waals surface area contributed by atoms with Crippen LogP contribution in [0.25, 0.3) is 0 Å². The maximum Gasteiger partial charge on any atom is 0.323 e. The monoisotopic (exact) mass is 251 g/mol. The Morgan fingerprint density at radius 2 is 1.61 bits per heavy atom. The molecular formula is C12H21N5O. The molecule has 1 aromatic rings. The first kappa shape index (κ1) is 14.2. The number of anilines is 2. The first-order chi connectivity index (χ1) is 8.51. The minimum atomic E-state index is -0.103. The van der Waals surface area contributed by atoms with Crippen LogP contribution in [0.1, 0.15) is 13.8 Å². The molecule has 0 radical (unpaired) electrons. The van der Waals surface area contributed by atoms with Crippen LogP contribution in [0.5, 0.6) is 0 Å². The topological polar surface area (TPSA) is 52.6 Å². The van der Waals surface area contributed by atoms with Gasteiger partial charge in [-0.25, -0.2) is 14.8 Å². The van der Waals surface area contributed by atoms with Gasteiger partial charge in [0, 0.05) is 34.2 Å². The number of hydrogen-bond acceptors (Lipinski definition) is 4. The average molecular weight is 251 g/mol. The van der Waals surface area contributed by atoms with Crippen molar-refractivity contribution >= 4 is 17.7 Å². The molecule has 0 bridgehead atoms. The summed E-state index contributed by atoms with van der Waals surface area (Å²) < 4.78 is 0. The van der Waals surface area contributed by atoms with E-state index in [0.29, 0.717) is 11.6 Å². The Labute approximate surface area is 108 Å². The highest BCUT2D eigenvalue weighted by atomic mass is 16.2. The molecule has 6 nitrogen and oxygen atoms in total. The lowest BCUT2D eigenvalue weighted by Gasteiger charge is -2.22. The molecule has 0 N–H and O–H groups in total. The fourth-order valence-corrected chi connectivity index (χ4v) is 1.57. The Hall–Kier alpha value is -1.85. The summed E-state index contributed by atoms with van der Waals surface area (Å²) in [6.07, 6.45) is 3.34. The van der Waals surface area contributed by atoms with Crippen LogP contribution in [-0.4, -0.2) is 55.1 Å². The molecule has 2 amide bonds. The van der Waals surface area contributed by atoms with Crippen LogP contribution in [0.15, 0.2) is 12.4 Å². The maximum absolute atomic E-state index is 11.8. The molecule has 1 rings (SSSR count). The van der Waals surface area contributed by atoms with Gasteiger partial charge in [0.15, 0.2) is 0 Å². The first-order valence-electron chi connectivity index (χ1n) is 6.03. The summed E-state index contributed by atoms with van der Waals surface area (Å²) in [6.45, 7) is 5.84. The third kappa shape index (κ3) is 3.09. The predicted octanol–water partition coefficient (Wildman–Crippen LogP) is 1.44. The highest BCUT2D eigenvalue weighted by Gasteiger charge is 2.14. The molecule has 0 atom stereocenters. The number of carbonyl (C=O) groups excluding carboxylic acids is 1. The van der Waals surface area contributed by atoms with Crippen molar-refractivity contribution in [3.8, 4) is 0 Å². The Kier molecular flexibility index (Phi) is 4.88. The van der Waals surface area contributed by atoms with Crippen molar-refractivity contribution < 1.29 is 4.79 Å². The van der Waals surface area contributed by atoms with Crippen molar-refractivity contribution in [1.29, 1.82) is 0 Å². The minimum Gasteiger partial charge on any atom is -0.341 e. The molecule has 0 saturated heterocycles. The Balaban J connectivity index is 2.85. The lowest BCUT2D eigenvalue weighted by molar-refractivity contribution is 0.225. The highest BCUT2D eigenvalue weighted by Crippen LogP contribution is 2.14. The SMILES string of the molecule is CCN(CC)c1ncc(N(C)C(=O)N(C)C)cn1. The number of nitrogens with zero attached hydrogens (tertiary/aromatic N) is 5. The number of aromatic nitrogens is 2. The van der Waals surface area contributed by atoms with Gasteiger partial charge in [0.2, 0.25) is 5.95 Å². The van der Waals surface area contributed by atoms with Gasteiger partial charge in [0.05, 0.1) is 18.1 Å². The van der Waals surface area contributed by atoms with Crippen molar-refractivity contribution in [2.45, 2.75) is 13.8 Å². The van der Waals surface area contributed by atoms with Gasteiger partial charge in [0.25, 0.3) is 0 Å². The lowest BCUT2D eigenvalue weighted by atomic mass is 10.4. The molecule has 0 unspecified atom stereocenters. The molecule has 100 valence electrons. The molecule has 0 saturated carbocycles. The summed E-state index contributed by atoms with van der Waals surface area (Å²) in [4.78, 5) is 25.4. The number of urea groups is 1. The van der Waals surface area contributed by atoms with Crippen LogP contribution >= 0.6 is 0 Å². The fraction of sp³-hybridized carbons (Fsp3) is 0.583. The van der Waals surface area contributed by atoms with Crippen LogP contribution in [0.2, 0.25) is 0 Å². The van der Waals surface area contributed by atoms with Gasteiger partial charge in [0.1, 0.15) is 0 Å². The molecule has 0 spiro atoms. The van der Waals surface area contributed by atoms with Crippen molar-refractivity contribution in [2.24, 2.45) is 0 Å². The van der Waals surface area contributed by atoms with E-state index in [1.807, 2.05) is 0 Å². The van der Waals surface area contributed by atoms with Gasteiger partial charge in [-0.2, -0.15) is 0 Å². The zero-order valence-electron chi connectivity index (χ0n) is 11.7. The van der Waals surface area contributed by atoms with Gasteiger partial charge in [-0.3, -0.25) is 4.90 Å². The van der Waals surface area contributed by atoms with E-state index in [1.54, 1.807) is 33.5 Å². The number of hydrogen-bond donors (Lipinski definition) is 0. The Morgan fingerprint density at radius 1 is 1.11 bits per heavy atom. The van der Waals surface area contributed by atoms with Crippen LogP contribution < -0.4 is 9.80 Å². The molecule has 0 aromatic carbocycles. The summed E-state index contributed by atoms with van der Waals surface area (Å²) in [6, 6.07) is -0.103. The average Bonchev–Trinajstić information content (AvgIpc) is 2.39. The van der Waals surface area contributed by atoms with Gasteiger partial charge in [-0.15, -0.1) is 0 Å². The number of rotatable bonds is 4. The van der Waals surface area contributed by atoms with Gasteiger partial charge >= 0.3 is 6.03 Å². The zero-order valence-corrected chi connectivity index (χ0v) is 11.7. The van der Waals surface area contributed by atoms with Crippen molar-refractivity contribution in [3.63, 3.8) is 0 Å². The van der Waals surface area contributed by atoms with Crippen molar-refractivity contribution in [3.05, 3.63) is 12.4 Å². The molecule has 0 fully saturated rings. The molecule has 0 aliphatic rings. The fourth-order valence-electron chi connectivity index (χ4n) is 1.57. The lowest BCUT2D eigenvalue weighted by Crippen LogP contribution is -2.36. The second-order valence-corrected chi connectivity index (χ2v) is 4.15. The molecular weight excluding hydrogens is 230 g/mol. The first-order valence-corrected chi connectivity index (χ1v) is 6.03. The summed E-state index contributed by atoms with van der Waals surface area (Å²) in [5.41, 5.74) is 0.685. The predicted molar refractivity (Wildman–Crippen MR) is 73.1 cm³/mol. The van der Waals surface area contributed by atoms with Crippen molar-refractivity contribution in [2.75, 3.05) is 44.0 Å². The van der Waals surface area contributed by atoms with E-state index >= 15 is 0 Å². The van der Waals surface area contributed by atoms with Crippen molar-refractivity contribution in [1.82, 2.24) is 14.9 Å². The van der Waals surface area contributed by atoms with E-state index in [2.05, 4.69) is 28.7 Å². The molecule has 0 aliphatic heterocycles. The van der Waals surface area contributed by atoms with E-state index in [1.165, 1.54) is 9.80 Å². The third-order valence-corrected chi connectivity index (χ3v) is 2.73. The largest absolute Gasteiger partial charge is 0.341 e. The minimum absolute atomic E-state index is 0.103. The second-order valence-electron chi connectivity index (χ2n) is 4.15. The molecule has 0 aliphatic carbocycles. The van der Waals surface area contributed by atoms with E-state index in [4.69, 9.17) is 0 Å². The summed E-state index contributed by atoms with van der Waals surface area (Å²) in [5.74, 6) is 0.689. The molecule has 1 aromatic heterocycles. The molecule has 18 heavy (non-hydrogen) atoms. The summed E-state index contributed by atoms with van der Waals surface area (Å²) >= 11 is 0. The van der Waals surface area contributed by atoms with E-state index in [9.17, 15) is 4.79 Å². The van der Waals surface area contributed by atoms with E-state index in [-0.39, 0.29) is 6.03 Å². The zero-order chi connectivity index (χ0) is 13.7. The summed E-state index contributed by atoms with van der Waals surface area (Å²) in [5, 5.41) is 0. The maximum atomic E-state index is 11.8. The van der Waals surface area contributed by atoms with Crippen LogP contribution in [0.4, 0.5) is 16.4 Å². The van der Waals surface area contributed by atoms with E-state index in [0.717, 1.165) is 13.1 Å². The Bertz CT molecular complexity index is 386. The van der Waals surface area contributed by atoms with Gasteiger partial charge < -0.3 is 9.80 Å². The number of amides is 2. The molecule has 6 heteroatoms. The summed E-state index contributed by atoms with van der Waals surface area (Å²) in [7, 11) is 5.13. The standard InChI is InChI=1S/C12H21N5O/c1-6-17(7-2)11-13-8-10(9-14-11)16(5)12(18)15(3)4/h8-9H,6-7H2,1-5H3. The van der Waals surface area contributed by atoms with Crippen LogP contribution in [0, 0.1) is 0 Å². The van der Waals surface area contributed by atoms with Gasteiger partial charge in [-0.05, 0) is 13.8 Å². The third-order valence-electron chi connectivity index (χ3n) is 2.73. The van der Waals surface area contributed by atoms with Gasteiger partial charge in [-0.1, -0.05) is 0 Å². The smallest absolute Gasteiger partial charge is 0.323 e. The van der Waals surface area contributed by atoms with Crippen LogP contribution in [-0.2, 0) is 0 Å². The Morgan fingerprint density at radius 3 is 2.00 bits per heavy atom. The normalized spacial score (nSPS) is 10.1. The highest BCUT2D eigenvalue weighted by molar-refractivity contribution is 5.90. The van der Waals surface area contributed by atoms with E-state index < -0.39 is 0 Å². The molecule has 1 heterocycles. The second kappa shape index (κ2) is 6.18.